The van der Waals surface area contributed by atoms with Crippen LogP contribution >= 0.6 is 0 Å². The lowest BCUT2D eigenvalue weighted by Crippen LogP contribution is -2.12. The van der Waals surface area contributed by atoms with Crippen LogP contribution in [-0.2, 0) is 4.79 Å². The summed E-state index contributed by atoms with van der Waals surface area (Å²) in [5, 5.41) is 3.88. The van der Waals surface area contributed by atoms with Crippen LogP contribution in [0.2, 0.25) is 0 Å². The molecule has 100 valence electrons. The number of nitrogens with one attached hydrogen (secondary N) is 1. The van der Waals surface area contributed by atoms with E-state index in [-0.39, 0.29) is 5.91 Å². The molecular weight excluding hydrogens is 252 g/mol. The second kappa shape index (κ2) is 4.81. The van der Waals surface area contributed by atoms with E-state index in [0.29, 0.717) is 17.0 Å². The van der Waals surface area contributed by atoms with Crippen LogP contribution in [0.4, 0.5) is 0 Å². The number of carbonyl (C=O) groups is 1. The molecule has 3 rings (SSSR count). The van der Waals surface area contributed by atoms with E-state index in [9.17, 15) is 4.79 Å². The molecule has 0 bridgehead atoms. The summed E-state index contributed by atoms with van der Waals surface area (Å²) in [4.78, 5) is 11.6. The van der Waals surface area contributed by atoms with Crippen LogP contribution in [0, 0.1) is 6.92 Å². The van der Waals surface area contributed by atoms with E-state index in [4.69, 9.17) is 4.42 Å². The van der Waals surface area contributed by atoms with Crippen molar-refractivity contribution in [2.75, 3.05) is 0 Å². The third kappa shape index (κ3) is 2.28. The Bertz CT molecular complexity index is 721. The number of rotatable bonds is 2. The highest BCUT2D eigenvalue weighted by Crippen LogP contribution is 2.24. The van der Waals surface area contributed by atoms with E-state index in [1.54, 1.807) is 13.0 Å². The fourth-order valence-corrected chi connectivity index (χ4v) is 2.04. The molecular formula is C16H14N2O2. The fraction of sp³-hybridized carbons (Fsp3) is 0.125. The molecule has 0 unspecified atom stereocenters. The first-order valence-corrected chi connectivity index (χ1v) is 6.37. The molecule has 4 heteroatoms. The minimum Gasteiger partial charge on any atom is -0.457 e. The van der Waals surface area contributed by atoms with Gasteiger partial charge in [0.1, 0.15) is 11.5 Å². The largest absolute Gasteiger partial charge is 0.457 e. The molecule has 2 heterocycles. The highest BCUT2D eigenvalue weighted by Gasteiger charge is 2.19. The Kier molecular flexibility index (Phi) is 2.99. The molecule has 0 radical (unpaired) electrons. The molecule has 1 N–H and O–H groups in total. The number of benzene rings is 1. The molecule has 2 aromatic rings. The molecule has 1 aliphatic rings. The summed E-state index contributed by atoms with van der Waals surface area (Å²) < 4.78 is 5.76. The predicted octanol–water partition coefficient (Wildman–Crippen LogP) is 3.14. The maximum atomic E-state index is 11.6. The third-order valence-corrected chi connectivity index (χ3v) is 3.21. The first-order valence-electron chi connectivity index (χ1n) is 6.37. The zero-order chi connectivity index (χ0) is 14.1. The van der Waals surface area contributed by atoms with Gasteiger partial charge in [-0.1, -0.05) is 29.8 Å². The van der Waals surface area contributed by atoms with Gasteiger partial charge in [0, 0.05) is 5.56 Å². The van der Waals surface area contributed by atoms with Crippen LogP contribution in [-0.4, -0.2) is 11.6 Å². The molecule has 1 aromatic carbocycles. The molecule has 1 aliphatic heterocycles. The van der Waals surface area contributed by atoms with Gasteiger partial charge >= 0.3 is 0 Å². The van der Waals surface area contributed by atoms with E-state index in [2.05, 4.69) is 10.5 Å². The van der Waals surface area contributed by atoms with Gasteiger partial charge in [-0.15, -0.1) is 0 Å². The molecule has 0 atom stereocenters. The van der Waals surface area contributed by atoms with Gasteiger partial charge in [0.05, 0.1) is 11.3 Å². The van der Waals surface area contributed by atoms with Crippen molar-refractivity contribution < 1.29 is 9.21 Å². The molecule has 20 heavy (non-hydrogen) atoms. The zero-order valence-corrected chi connectivity index (χ0v) is 11.3. The summed E-state index contributed by atoms with van der Waals surface area (Å²) in [5.74, 6) is 1.22. The quantitative estimate of drug-likeness (QED) is 0.849. The minimum absolute atomic E-state index is 0.198. The van der Waals surface area contributed by atoms with Gasteiger partial charge in [0.2, 0.25) is 0 Å². The molecule has 1 amide bonds. The topological polar surface area (TPSA) is 54.6 Å². The van der Waals surface area contributed by atoms with E-state index in [1.807, 2.05) is 43.3 Å². The highest BCUT2D eigenvalue weighted by atomic mass is 16.3. The number of carbonyl (C=O) groups excluding carboxylic acids is 1. The summed E-state index contributed by atoms with van der Waals surface area (Å²) in [6.07, 6.45) is 1.71. The van der Waals surface area contributed by atoms with Crippen LogP contribution in [0.15, 0.2) is 51.5 Å². The number of furan rings is 1. The standard InChI is InChI=1S/C16H14N2O2/c1-10-3-5-12(6-4-10)15-8-7-13(20-15)9-14-11(2)17-18-16(14)19/h3-9H,1-2H3,(H,18,19)/b14-9+. The average Bonchev–Trinajstić information content (AvgIpc) is 3.02. The van der Waals surface area contributed by atoms with Gasteiger partial charge in [-0.2, -0.15) is 5.10 Å². The van der Waals surface area contributed by atoms with Gasteiger partial charge < -0.3 is 4.42 Å². The smallest absolute Gasteiger partial charge is 0.273 e. The Hall–Kier alpha value is -2.62. The van der Waals surface area contributed by atoms with Gasteiger partial charge in [0.15, 0.2) is 0 Å². The SMILES string of the molecule is CC1=NNC(=O)/C1=C/c1ccc(-c2ccc(C)cc2)o1. The van der Waals surface area contributed by atoms with Crippen molar-refractivity contribution in [3.05, 3.63) is 53.3 Å². The number of nitrogens with zero attached hydrogens (tertiary/aromatic N) is 1. The monoisotopic (exact) mass is 266 g/mol. The van der Waals surface area contributed by atoms with Crippen LogP contribution in [0.3, 0.4) is 0 Å². The van der Waals surface area contributed by atoms with Crippen LogP contribution in [0.1, 0.15) is 18.2 Å². The molecule has 1 aromatic heterocycles. The molecule has 0 spiro atoms. The lowest BCUT2D eigenvalue weighted by atomic mass is 10.1. The summed E-state index contributed by atoms with van der Waals surface area (Å²) in [5.41, 5.74) is 5.85. The fourth-order valence-electron chi connectivity index (χ4n) is 2.04. The first kappa shape index (κ1) is 12.4. The summed E-state index contributed by atoms with van der Waals surface area (Å²) in [6, 6.07) is 11.9. The summed E-state index contributed by atoms with van der Waals surface area (Å²) in [7, 11) is 0. The second-order valence-electron chi connectivity index (χ2n) is 4.76. The Balaban J connectivity index is 1.91. The first-order chi connectivity index (χ1) is 9.63. The van der Waals surface area contributed by atoms with E-state index in [1.165, 1.54) is 5.56 Å². The normalized spacial score (nSPS) is 16.4. The maximum absolute atomic E-state index is 11.6. The van der Waals surface area contributed by atoms with Crippen molar-refractivity contribution in [2.45, 2.75) is 13.8 Å². The van der Waals surface area contributed by atoms with Crippen molar-refractivity contribution in [3.8, 4) is 11.3 Å². The van der Waals surface area contributed by atoms with Crippen molar-refractivity contribution in [2.24, 2.45) is 5.10 Å². The van der Waals surface area contributed by atoms with Gasteiger partial charge in [-0.25, -0.2) is 5.43 Å². The molecule has 4 nitrogen and oxygen atoms in total. The Morgan fingerprint density at radius 1 is 1.10 bits per heavy atom. The number of aryl methyl sites for hydroxylation is 1. The second-order valence-corrected chi connectivity index (χ2v) is 4.76. The summed E-state index contributed by atoms with van der Waals surface area (Å²) in [6.45, 7) is 3.83. The predicted molar refractivity (Wildman–Crippen MR) is 78.1 cm³/mol. The van der Waals surface area contributed by atoms with Gasteiger partial charge in [-0.05, 0) is 32.1 Å². The Labute approximate surface area is 116 Å². The highest BCUT2D eigenvalue weighted by molar-refractivity contribution is 6.26. The van der Waals surface area contributed by atoms with Gasteiger partial charge in [0.25, 0.3) is 5.91 Å². The van der Waals surface area contributed by atoms with Gasteiger partial charge in [-0.3, -0.25) is 4.79 Å². The minimum atomic E-state index is -0.198. The van der Waals surface area contributed by atoms with E-state index in [0.717, 1.165) is 11.3 Å². The van der Waals surface area contributed by atoms with Crippen LogP contribution in [0.25, 0.3) is 17.4 Å². The van der Waals surface area contributed by atoms with Crippen molar-refractivity contribution >= 4 is 17.7 Å². The van der Waals surface area contributed by atoms with Crippen molar-refractivity contribution in [1.82, 2.24) is 5.43 Å². The molecule has 0 saturated carbocycles. The zero-order valence-electron chi connectivity index (χ0n) is 11.3. The third-order valence-electron chi connectivity index (χ3n) is 3.21. The number of hydrogen-bond acceptors (Lipinski definition) is 3. The van der Waals surface area contributed by atoms with Crippen molar-refractivity contribution in [1.29, 1.82) is 0 Å². The molecule has 0 saturated heterocycles. The number of amides is 1. The van der Waals surface area contributed by atoms with Crippen LogP contribution in [0.5, 0.6) is 0 Å². The average molecular weight is 266 g/mol. The van der Waals surface area contributed by atoms with E-state index >= 15 is 0 Å². The lowest BCUT2D eigenvalue weighted by Gasteiger charge is -1.97. The number of hydrazone groups is 1. The van der Waals surface area contributed by atoms with Crippen LogP contribution < -0.4 is 5.43 Å². The molecule has 0 aliphatic carbocycles. The molecule has 0 fully saturated rings. The number of hydrogen-bond donors (Lipinski definition) is 1. The van der Waals surface area contributed by atoms with E-state index < -0.39 is 0 Å². The Morgan fingerprint density at radius 2 is 1.85 bits per heavy atom. The lowest BCUT2D eigenvalue weighted by molar-refractivity contribution is -0.116. The summed E-state index contributed by atoms with van der Waals surface area (Å²) >= 11 is 0. The maximum Gasteiger partial charge on any atom is 0.273 e. The van der Waals surface area contributed by atoms with Crippen molar-refractivity contribution in [3.63, 3.8) is 0 Å². The Morgan fingerprint density at radius 3 is 2.50 bits per heavy atom.